The first-order chi connectivity index (χ1) is 7.38. The first-order valence-electron chi connectivity index (χ1n) is 4.24. The number of carboxylic acids is 1. The topological polar surface area (TPSA) is 110 Å². The van der Waals surface area contributed by atoms with Crippen molar-refractivity contribution in [1.29, 1.82) is 0 Å². The molecule has 0 fully saturated rings. The quantitative estimate of drug-likeness (QED) is 0.372. The number of nitrogen functional groups attached to an aromatic ring is 1. The molecule has 0 saturated heterocycles. The van der Waals surface area contributed by atoms with Gasteiger partial charge >= 0.3 is 5.97 Å². The molecule has 0 heterocycles. The Morgan fingerprint density at radius 3 is 2.25 bits per heavy atom. The average molecular weight is 227 g/mol. The molecule has 0 aliphatic rings. The number of carbonyl (C=O) groups excluding carboxylic acids is 1. The number of esters is 1. The minimum Gasteiger partial charge on any atom is -0.506 e. The maximum Gasteiger partial charge on any atom is 0.337 e. The van der Waals surface area contributed by atoms with Crippen LogP contribution in [-0.4, -0.2) is 29.3 Å². The molecule has 1 aromatic carbocycles. The maximum atomic E-state index is 10.9. The molecule has 4 N–H and O–H groups in total. The molecule has 0 amide bonds. The van der Waals surface area contributed by atoms with Crippen LogP contribution in [0.2, 0.25) is 0 Å². The average Bonchev–Trinajstić information content (AvgIpc) is 2.20. The number of phenolic OH excluding ortho intramolecular Hbond substituents is 1. The summed E-state index contributed by atoms with van der Waals surface area (Å²) in [5.41, 5.74) is 5.85. The highest BCUT2D eigenvalue weighted by atomic mass is 16.5. The van der Waals surface area contributed by atoms with E-state index in [2.05, 4.69) is 4.74 Å². The van der Waals surface area contributed by atoms with Crippen molar-refractivity contribution in [3.8, 4) is 5.75 Å². The molecule has 0 saturated carbocycles. The van der Waals surface area contributed by atoms with Gasteiger partial charge in [0, 0.05) is 6.92 Å². The Bertz CT molecular complexity index is 385. The molecular weight excluding hydrogens is 214 g/mol. The van der Waals surface area contributed by atoms with E-state index < -0.39 is 11.9 Å². The smallest absolute Gasteiger partial charge is 0.337 e. The first-order valence-corrected chi connectivity index (χ1v) is 4.24. The predicted octanol–water partition coefficient (Wildman–Crippen LogP) is 0.852. The molecule has 1 aromatic rings. The third kappa shape index (κ3) is 4.85. The van der Waals surface area contributed by atoms with Crippen molar-refractivity contribution in [3.63, 3.8) is 0 Å². The molecule has 6 heteroatoms. The van der Waals surface area contributed by atoms with Crippen molar-refractivity contribution in [2.45, 2.75) is 6.92 Å². The van der Waals surface area contributed by atoms with Crippen LogP contribution in [-0.2, 0) is 9.53 Å². The van der Waals surface area contributed by atoms with E-state index >= 15 is 0 Å². The van der Waals surface area contributed by atoms with Crippen LogP contribution in [0.5, 0.6) is 5.75 Å². The molecule has 16 heavy (non-hydrogen) atoms. The number of hydrogen-bond acceptors (Lipinski definition) is 5. The summed E-state index contributed by atoms with van der Waals surface area (Å²) in [5.74, 6) is -1.34. The summed E-state index contributed by atoms with van der Waals surface area (Å²) in [4.78, 5) is 19.9. The Labute approximate surface area is 92.3 Å². The number of aliphatic carboxylic acids is 1. The van der Waals surface area contributed by atoms with Gasteiger partial charge in [-0.1, -0.05) is 0 Å². The lowest BCUT2D eigenvalue weighted by Crippen LogP contribution is -2.01. The van der Waals surface area contributed by atoms with Gasteiger partial charge in [-0.2, -0.15) is 0 Å². The lowest BCUT2D eigenvalue weighted by Gasteiger charge is -2.01. The van der Waals surface area contributed by atoms with E-state index in [0.29, 0.717) is 5.56 Å². The number of benzene rings is 1. The normalized spacial score (nSPS) is 8.62. The summed E-state index contributed by atoms with van der Waals surface area (Å²) < 4.78 is 4.45. The number of aromatic hydroxyl groups is 1. The number of anilines is 1. The summed E-state index contributed by atoms with van der Waals surface area (Å²) in [6.07, 6.45) is 0. The van der Waals surface area contributed by atoms with Crippen molar-refractivity contribution in [1.82, 2.24) is 0 Å². The van der Waals surface area contributed by atoms with Gasteiger partial charge in [0.1, 0.15) is 5.75 Å². The van der Waals surface area contributed by atoms with Crippen LogP contribution in [0.3, 0.4) is 0 Å². The van der Waals surface area contributed by atoms with Gasteiger partial charge in [0.25, 0.3) is 5.97 Å². The number of hydrogen-bond donors (Lipinski definition) is 3. The van der Waals surface area contributed by atoms with E-state index in [1.807, 2.05) is 0 Å². The standard InChI is InChI=1S/C8H9NO3.C2H4O2/c1-12-8(11)5-2-3-7(10)6(9)4-5;1-2(3)4/h2-4,10H,9H2,1H3;1H3,(H,3,4). The number of ether oxygens (including phenoxy) is 1. The minimum absolute atomic E-state index is 0.0392. The number of nitrogens with two attached hydrogens (primary N) is 1. The molecule has 0 bridgehead atoms. The Balaban J connectivity index is 0.000000487. The molecule has 0 aliphatic heterocycles. The van der Waals surface area contributed by atoms with Gasteiger partial charge in [0.05, 0.1) is 18.4 Å². The summed E-state index contributed by atoms with van der Waals surface area (Å²) in [7, 11) is 1.28. The van der Waals surface area contributed by atoms with E-state index in [1.54, 1.807) is 0 Å². The molecule has 0 spiro atoms. The Kier molecular flexibility index (Phi) is 5.40. The van der Waals surface area contributed by atoms with Crippen molar-refractivity contribution >= 4 is 17.6 Å². The Hall–Kier alpha value is -2.24. The number of carboxylic acid groups (broad SMARTS) is 1. The van der Waals surface area contributed by atoms with E-state index in [-0.39, 0.29) is 11.4 Å². The summed E-state index contributed by atoms with van der Waals surface area (Å²) in [6, 6.07) is 4.15. The van der Waals surface area contributed by atoms with Crippen molar-refractivity contribution in [2.75, 3.05) is 12.8 Å². The fourth-order valence-corrected chi connectivity index (χ4v) is 0.799. The van der Waals surface area contributed by atoms with Crippen molar-refractivity contribution in [3.05, 3.63) is 23.8 Å². The molecule has 0 aromatic heterocycles. The summed E-state index contributed by atoms with van der Waals surface area (Å²) in [5, 5.41) is 16.4. The highest BCUT2D eigenvalue weighted by Crippen LogP contribution is 2.20. The molecule has 0 atom stereocenters. The first kappa shape index (κ1) is 13.8. The Morgan fingerprint density at radius 1 is 1.38 bits per heavy atom. The van der Waals surface area contributed by atoms with Crippen LogP contribution in [0.1, 0.15) is 17.3 Å². The van der Waals surface area contributed by atoms with Crippen molar-refractivity contribution in [2.24, 2.45) is 0 Å². The zero-order valence-corrected chi connectivity index (χ0v) is 8.93. The van der Waals surface area contributed by atoms with Crippen LogP contribution in [0, 0.1) is 0 Å². The molecule has 0 radical (unpaired) electrons. The maximum absolute atomic E-state index is 10.9. The van der Waals surface area contributed by atoms with Crippen LogP contribution < -0.4 is 5.73 Å². The highest BCUT2D eigenvalue weighted by molar-refractivity contribution is 5.90. The van der Waals surface area contributed by atoms with E-state index in [1.165, 1.54) is 25.3 Å². The number of rotatable bonds is 1. The lowest BCUT2D eigenvalue weighted by molar-refractivity contribution is -0.134. The fraction of sp³-hybridized carbons (Fsp3) is 0.200. The SMILES string of the molecule is CC(=O)O.COC(=O)c1ccc(O)c(N)c1. The van der Waals surface area contributed by atoms with Crippen LogP contribution in [0.15, 0.2) is 18.2 Å². The number of methoxy groups -OCH3 is 1. The Morgan fingerprint density at radius 2 is 1.88 bits per heavy atom. The molecular formula is C10H13NO5. The van der Waals surface area contributed by atoms with Gasteiger partial charge in [-0.15, -0.1) is 0 Å². The molecule has 0 aliphatic carbocycles. The molecule has 0 unspecified atom stereocenters. The van der Waals surface area contributed by atoms with E-state index in [4.69, 9.17) is 20.7 Å². The summed E-state index contributed by atoms with van der Waals surface area (Å²) in [6.45, 7) is 1.08. The van der Waals surface area contributed by atoms with Gasteiger partial charge in [-0.3, -0.25) is 4.79 Å². The van der Waals surface area contributed by atoms with Gasteiger partial charge < -0.3 is 20.7 Å². The predicted molar refractivity (Wildman–Crippen MR) is 57.2 cm³/mol. The van der Waals surface area contributed by atoms with Gasteiger partial charge in [0.15, 0.2) is 0 Å². The monoisotopic (exact) mass is 227 g/mol. The van der Waals surface area contributed by atoms with E-state index in [9.17, 15) is 4.79 Å². The van der Waals surface area contributed by atoms with Crippen molar-refractivity contribution < 1.29 is 24.5 Å². The van der Waals surface area contributed by atoms with Crippen LogP contribution in [0.25, 0.3) is 0 Å². The third-order valence-corrected chi connectivity index (χ3v) is 1.45. The molecule has 6 nitrogen and oxygen atoms in total. The second-order valence-corrected chi connectivity index (χ2v) is 2.78. The number of carbonyl (C=O) groups is 2. The van der Waals surface area contributed by atoms with Gasteiger partial charge in [-0.25, -0.2) is 4.79 Å². The van der Waals surface area contributed by atoms with Crippen LogP contribution in [0.4, 0.5) is 5.69 Å². The highest BCUT2D eigenvalue weighted by Gasteiger charge is 2.06. The zero-order chi connectivity index (χ0) is 12.7. The largest absolute Gasteiger partial charge is 0.506 e. The van der Waals surface area contributed by atoms with Crippen LogP contribution >= 0.6 is 0 Å². The van der Waals surface area contributed by atoms with Gasteiger partial charge in [0.2, 0.25) is 0 Å². The van der Waals surface area contributed by atoms with E-state index in [0.717, 1.165) is 6.92 Å². The lowest BCUT2D eigenvalue weighted by atomic mass is 10.2. The summed E-state index contributed by atoms with van der Waals surface area (Å²) >= 11 is 0. The molecule has 88 valence electrons. The third-order valence-electron chi connectivity index (χ3n) is 1.45. The zero-order valence-electron chi connectivity index (χ0n) is 8.93. The molecule has 1 rings (SSSR count). The second kappa shape index (κ2) is 6.28. The fourth-order valence-electron chi connectivity index (χ4n) is 0.799. The van der Waals surface area contributed by atoms with Gasteiger partial charge in [-0.05, 0) is 18.2 Å². The second-order valence-electron chi connectivity index (χ2n) is 2.78. The minimum atomic E-state index is -0.833. The number of phenols is 1.